The van der Waals surface area contributed by atoms with Crippen LogP contribution in [0.15, 0.2) is 48.5 Å². The van der Waals surface area contributed by atoms with E-state index >= 15 is 0 Å². The molecule has 1 amide bonds. The smallest absolute Gasteiger partial charge is 0.269 e. The minimum atomic E-state index is -0.443. The number of pyridine rings is 1. The van der Waals surface area contributed by atoms with Crippen molar-refractivity contribution in [1.29, 1.82) is 0 Å². The van der Waals surface area contributed by atoms with E-state index in [0.29, 0.717) is 12.1 Å². The number of hydrogen-bond donors (Lipinski definition) is 1. The van der Waals surface area contributed by atoms with Crippen molar-refractivity contribution in [3.8, 4) is 0 Å². The number of fused-ring (bicyclic) bond motifs is 1. The number of benzene rings is 2. The third kappa shape index (κ3) is 3.39. The fraction of sp³-hybridized carbons (Fsp3) is 0.200. The van der Waals surface area contributed by atoms with E-state index in [1.807, 2.05) is 38.1 Å². The Kier molecular flexibility index (Phi) is 4.93. The maximum absolute atomic E-state index is 12.8. The van der Waals surface area contributed by atoms with Gasteiger partial charge in [-0.25, -0.2) is 0 Å². The van der Waals surface area contributed by atoms with Crippen molar-refractivity contribution in [2.75, 3.05) is 0 Å². The van der Waals surface area contributed by atoms with Gasteiger partial charge in [0.25, 0.3) is 11.6 Å². The van der Waals surface area contributed by atoms with E-state index in [2.05, 4.69) is 10.3 Å². The van der Waals surface area contributed by atoms with Gasteiger partial charge in [0.15, 0.2) is 0 Å². The summed E-state index contributed by atoms with van der Waals surface area (Å²) in [6, 6.07) is 13.8. The Morgan fingerprint density at radius 2 is 1.85 bits per heavy atom. The maximum Gasteiger partial charge on any atom is 0.269 e. The van der Waals surface area contributed by atoms with Crippen LogP contribution in [0.2, 0.25) is 0 Å². The van der Waals surface area contributed by atoms with Gasteiger partial charge >= 0.3 is 0 Å². The van der Waals surface area contributed by atoms with Gasteiger partial charge in [-0.05, 0) is 30.5 Å². The van der Waals surface area contributed by atoms with Gasteiger partial charge in [0.2, 0.25) is 0 Å². The molecular weight excluding hydrogens is 330 g/mol. The van der Waals surface area contributed by atoms with E-state index in [1.54, 1.807) is 12.1 Å². The first-order valence-electron chi connectivity index (χ1n) is 8.41. The lowest BCUT2D eigenvalue weighted by Gasteiger charge is -2.14. The quantitative estimate of drug-likeness (QED) is 0.558. The van der Waals surface area contributed by atoms with Gasteiger partial charge in [-0.3, -0.25) is 19.9 Å². The van der Waals surface area contributed by atoms with E-state index in [1.165, 1.54) is 12.1 Å². The number of carbonyl (C=O) groups excluding carboxylic acids is 1. The Morgan fingerprint density at radius 1 is 1.15 bits per heavy atom. The molecule has 0 radical (unpaired) electrons. The molecule has 1 aromatic heterocycles. The van der Waals surface area contributed by atoms with Crippen LogP contribution in [0.3, 0.4) is 0 Å². The molecule has 3 rings (SSSR count). The lowest BCUT2D eigenvalue weighted by Crippen LogP contribution is -2.24. The number of aromatic nitrogens is 1. The highest BCUT2D eigenvalue weighted by Crippen LogP contribution is 2.23. The molecule has 0 fully saturated rings. The number of hydrogen-bond acceptors (Lipinski definition) is 4. The van der Waals surface area contributed by atoms with Gasteiger partial charge in [0.05, 0.1) is 16.0 Å². The number of nitrogens with zero attached hydrogens (tertiary/aromatic N) is 2. The molecule has 6 nitrogen and oxygen atoms in total. The summed E-state index contributed by atoms with van der Waals surface area (Å²) >= 11 is 0. The average molecular weight is 349 g/mol. The molecule has 1 heterocycles. The van der Waals surface area contributed by atoms with Crippen LogP contribution in [0.25, 0.3) is 10.9 Å². The molecule has 26 heavy (non-hydrogen) atoms. The summed E-state index contributed by atoms with van der Waals surface area (Å²) in [4.78, 5) is 27.8. The van der Waals surface area contributed by atoms with Gasteiger partial charge in [-0.15, -0.1) is 0 Å². The molecule has 0 spiro atoms. The second kappa shape index (κ2) is 7.31. The van der Waals surface area contributed by atoms with Crippen molar-refractivity contribution >= 4 is 22.5 Å². The average Bonchev–Trinajstić information content (AvgIpc) is 2.66. The fourth-order valence-electron chi connectivity index (χ4n) is 3.00. The van der Waals surface area contributed by atoms with E-state index in [4.69, 9.17) is 0 Å². The second-order valence-electron chi connectivity index (χ2n) is 6.04. The maximum atomic E-state index is 12.8. The van der Waals surface area contributed by atoms with Crippen LogP contribution in [0.4, 0.5) is 5.69 Å². The van der Waals surface area contributed by atoms with E-state index in [-0.39, 0.29) is 11.6 Å². The van der Waals surface area contributed by atoms with Crippen LogP contribution in [-0.2, 0) is 13.0 Å². The first-order chi connectivity index (χ1) is 12.5. The second-order valence-corrected chi connectivity index (χ2v) is 6.04. The first-order valence-corrected chi connectivity index (χ1v) is 8.41. The summed E-state index contributed by atoms with van der Waals surface area (Å²) in [5.41, 5.74) is 4.06. The number of nitrogens with one attached hydrogen (secondary N) is 1. The van der Waals surface area contributed by atoms with Crippen molar-refractivity contribution in [3.63, 3.8) is 0 Å². The number of carbonyl (C=O) groups is 1. The molecule has 2 aromatic carbocycles. The van der Waals surface area contributed by atoms with Crippen LogP contribution in [0, 0.1) is 17.0 Å². The predicted molar refractivity (Wildman–Crippen MR) is 100 cm³/mol. The Balaban J connectivity index is 1.87. The lowest BCUT2D eigenvalue weighted by atomic mass is 9.99. The molecule has 0 aliphatic heterocycles. The molecule has 0 aliphatic carbocycles. The van der Waals surface area contributed by atoms with Gasteiger partial charge in [-0.2, -0.15) is 0 Å². The zero-order valence-electron chi connectivity index (χ0n) is 14.7. The Morgan fingerprint density at radius 3 is 2.50 bits per heavy atom. The number of nitro benzene ring substituents is 1. The van der Waals surface area contributed by atoms with E-state index in [0.717, 1.165) is 34.1 Å². The summed E-state index contributed by atoms with van der Waals surface area (Å²) in [5.74, 6) is -0.172. The van der Waals surface area contributed by atoms with Crippen LogP contribution in [0.5, 0.6) is 0 Å². The molecule has 132 valence electrons. The zero-order chi connectivity index (χ0) is 18.7. The van der Waals surface area contributed by atoms with Crippen LogP contribution in [-0.4, -0.2) is 15.8 Å². The lowest BCUT2D eigenvalue weighted by molar-refractivity contribution is -0.384. The Bertz CT molecular complexity index is 982. The summed E-state index contributed by atoms with van der Waals surface area (Å²) in [7, 11) is 0. The summed E-state index contributed by atoms with van der Waals surface area (Å²) in [6.07, 6.45) is 0.749. The highest BCUT2D eigenvalue weighted by molar-refractivity contribution is 6.07. The standard InChI is InChI=1S/C20H19N3O3/c1-3-17-13(2)19(16-6-4-5-7-18(16)22-17)20(24)21-12-14-8-10-15(11-9-14)23(25)26/h4-11H,3,12H2,1-2H3,(H,21,24). The molecule has 0 atom stereocenters. The molecule has 3 aromatic rings. The molecular formula is C20H19N3O3. The summed E-state index contributed by atoms with van der Waals surface area (Å²) < 4.78 is 0. The Hall–Kier alpha value is -3.28. The third-order valence-electron chi connectivity index (χ3n) is 4.40. The van der Waals surface area contributed by atoms with Crippen molar-refractivity contribution in [2.45, 2.75) is 26.8 Å². The number of rotatable bonds is 5. The van der Waals surface area contributed by atoms with Crippen molar-refractivity contribution in [1.82, 2.24) is 10.3 Å². The minimum absolute atomic E-state index is 0.0311. The van der Waals surface area contributed by atoms with Gasteiger partial charge in [0, 0.05) is 29.8 Å². The van der Waals surface area contributed by atoms with Crippen LogP contribution < -0.4 is 5.32 Å². The van der Waals surface area contributed by atoms with Gasteiger partial charge in [-0.1, -0.05) is 37.3 Å². The first kappa shape index (κ1) is 17.5. The third-order valence-corrected chi connectivity index (χ3v) is 4.40. The zero-order valence-corrected chi connectivity index (χ0v) is 14.7. The molecule has 0 unspecified atom stereocenters. The SMILES string of the molecule is CCc1nc2ccccc2c(C(=O)NCc2ccc([N+](=O)[O-])cc2)c1C. The van der Waals surface area contributed by atoms with Crippen LogP contribution in [0.1, 0.15) is 34.1 Å². The Labute approximate surface area is 151 Å². The number of para-hydroxylation sites is 1. The molecule has 0 saturated heterocycles. The van der Waals surface area contributed by atoms with E-state index < -0.39 is 4.92 Å². The predicted octanol–water partition coefficient (Wildman–Crippen LogP) is 3.94. The molecule has 0 bridgehead atoms. The normalized spacial score (nSPS) is 10.7. The number of non-ortho nitro benzene ring substituents is 1. The van der Waals surface area contributed by atoms with E-state index in [9.17, 15) is 14.9 Å². The van der Waals surface area contributed by atoms with Crippen molar-refractivity contribution < 1.29 is 9.72 Å². The largest absolute Gasteiger partial charge is 0.348 e. The van der Waals surface area contributed by atoms with Crippen LogP contribution >= 0.6 is 0 Å². The number of nitro groups is 1. The summed E-state index contributed by atoms with van der Waals surface area (Å²) in [5, 5.41) is 14.4. The summed E-state index contributed by atoms with van der Waals surface area (Å²) in [6.45, 7) is 4.23. The number of amides is 1. The van der Waals surface area contributed by atoms with Crippen molar-refractivity contribution in [3.05, 3.63) is 81.0 Å². The van der Waals surface area contributed by atoms with Crippen molar-refractivity contribution in [2.24, 2.45) is 0 Å². The highest BCUT2D eigenvalue weighted by atomic mass is 16.6. The molecule has 1 N–H and O–H groups in total. The number of aryl methyl sites for hydroxylation is 1. The van der Waals surface area contributed by atoms with Gasteiger partial charge < -0.3 is 5.32 Å². The minimum Gasteiger partial charge on any atom is -0.348 e. The highest BCUT2D eigenvalue weighted by Gasteiger charge is 2.17. The molecule has 0 aliphatic rings. The fourth-order valence-corrected chi connectivity index (χ4v) is 3.00. The molecule has 6 heteroatoms. The topological polar surface area (TPSA) is 85.1 Å². The molecule has 0 saturated carbocycles. The van der Waals surface area contributed by atoms with Gasteiger partial charge in [0.1, 0.15) is 0 Å². The monoisotopic (exact) mass is 349 g/mol.